The molecule has 3 saturated carbocycles. The molecule has 16 rings (SSSR count). The van der Waals surface area contributed by atoms with Gasteiger partial charge < -0.3 is 10.0 Å². The first-order valence-corrected chi connectivity index (χ1v) is 45.4. The normalized spacial score (nSPS) is 14.4. The molecule has 590 valence electrons. The molecule has 0 spiro atoms. The third kappa shape index (κ3) is 24.0. The summed E-state index contributed by atoms with van der Waals surface area (Å²) in [4.78, 5) is 31.9. The fourth-order valence-electron chi connectivity index (χ4n) is 13.2. The molecule has 114 heavy (non-hydrogen) atoms. The van der Waals surface area contributed by atoms with E-state index in [0.717, 1.165) is 146 Å². The Bertz CT molecular complexity index is 5820. The molecular formula is C86H91BBrN11O11S4. The fraction of sp³-hybridized carbons (Fsp3) is 0.267. The van der Waals surface area contributed by atoms with Crippen LogP contribution >= 0.6 is 15.9 Å². The number of aliphatic imine (C=N–C) groups is 1. The Labute approximate surface area is 676 Å². The Morgan fingerprint density at radius 2 is 0.886 bits per heavy atom. The molecule has 9 heterocycles. The molecule has 4 aliphatic rings. The Morgan fingerprint density at radius 1 is 0.439 bits per heavy atom. The maximum atomic E-state index is 11.9. The summed E-state index contributed by atoms with van der Waals surface area (Å²) in [5.41, 5.74) is 16.7. The van der Waals surface area contributed by atoms with Crippen LogP contribution in [-0.2, 0) is 43.8 Å². The Hall–Kier alpha value is -10.2. The van der Waals surface area contributed by atoms with Gasteiger partial charge in [-0.25, -0.2) is 25.3 Å². The van der Waals surface area contributed by atoms with Crippen molar-refractivity contribution in [2.24, 2.45) is 4.99 Å². The standard InChI is InChI=1S/C26H26N4O2S.C14H17N3.C12H12BNO4S.C12H10BrNO2S.C12H16O3S.C10H10N2/c1-18-6-5-9-24(28-18)26-23(17-30(29-26)21-7-3-4-8-21)20-14-15-27-25(16-20)19-10-12-22(13-11-19)33(2,31)32;1-11-5-4-8-13(15-11)14-9-10-17(16-14)12-6-2-3-7-12;1-19(17,18)11-4-2-9(3-5-11)12-8-10(13(15)16)6-7-14-12;1-17(15,16)11-4-2-9(3-5-11)12-8-10(13)6-7-14-12;1-10-6-8-12(9-7-10)16(13,14)15-11-4-2-3-5-11;1-8-4-2-5-10(12-8)9-6-3-7-11-9/h5-6,9-17,21H,3-4,7-8H2,1-2H3;4-5,8-10,12H,2-3,6-7H2,1H3;2-8,15-16H,1H3;2-8H,1H3;6-9,11H,2-5H2,1H3;2-6H,7H2,1H3. The van der Waals surface area contributed by atoms with Gasteiger partial charge in [0.05, 0.1) is 84.2 Å². The van der Waals surface area contributed by atoms with Crippen molar-refractivity contribution in [1.82, 2.24) is 49.5 Å². The van der Waals surface area contributed by atoms with E-state index in [-0.39, 0.29) is 15.9 Å². The predicted octanol–water partition coefficient (Wildman–Crippen LogP) is 16.0. The highest BCUT2D eigenvalue weighted by Gasteiger charge is 2.26. The monoisotopic (exact) mass is 1670 g/mol. The third-order valence-electron chi connectivity index (χ3n) is 19.3. The largest absolute Gasteiger partial charge is 0.488 e. The molecule has 0 saturated heterocycles. The van der Waals surface area contributed by atoms with Crippen LogP contribution in [0.2, 0.25) is 0 Å². The van der Waals surface area contributed by atoms with Gasteiger partial charge in [0.15, 0.2) is 29.5 Å². The van der Waals surface area contributed by atoms with Crippen molar-refractivity contribution in [2.75, 3.05) is 25.3 Å². The number of pyridine rings is 6. The average Bonchev–Trinajstić information content (AvgIpc) is 1.64. The van der Waals surface area contributed by atoms with E-state index in [0.29, 0.717) is 38.6 Å². The smallest absolute Gasteiger partial charge is 0.423 e. The summed E-state index contributed by atoms with van der Waals surface area (Å²) in [6.07, 6.45) is 30.5. The maximum Gasteiger partial charge on any atom is 0.488 e. The van der Waals surface area contributed by atoms with Gasteiger partial charge in [0.1, 0.15) is 11.4 Å². The summed E-state index contributed by atoms with van der Waals surface area (Å²) in [6, 6.07) is 58.5. The fourth-order valence-corrected chi connectivity index (χ4v) is 16.6. The topological polar surface area (TPSA) is 312 Å². The van der Waals surface area contributed by atoms with Crippen molar-refractivity contribution < 1.29 is 47.9 Å². The highest BCUT2D eigenvalue weighted by atomic mass is 79.9. The number of aromatic nitrogens is 10. The first-order chi connectivity index (χ1) is 54.5. The van der Waals surface area contributed by atoms with Gasteiger partial charge in [-0.15, -0.1) is 0 Å². The first kappa shape index (κ1) is 84.7. The molecule has 1 aliphatic heterocycles. The summed E-state index contributed by atoms with van der Waals surface area (Å²) < 4.78 is 103. The van der Waals surface area contributed by atoms with Crippen LogP contribution < -0.4 is 5.46 Å². The SMILES string of the molecule is CS(=O)(=O)c1ccc(-c2cc(B(O)O)ccn2)cc1.CS(=O)(=O)c1ccc(-c2cc(Br)ccn2)cc1.Cc1ccc(S(=O)(=O)OC2CCCC2)cc1.Cc1cccc(-c2ccn(C3CCCC3)n2)n1.Cc1cccc(-c2nn(C3CCCC3)cc2-c2ccnc(-c3ccc(S(C)(=O)=O)cc3)c2)n1.Cc1cccc(C2=NCC=C2)n1. The zero-order valence-electron chi connectivity index (χ0n) is 64.5. The molecule has 0 bridgehead atoms. The maximum absolute atomic E-state index is 11.9. The highest BCUT2D eigenvalue weighted by molar-refractivity contribution is 9.10. The van der Waals surface area contributed by atoms with Gasteiger partial charge in [0, 0.05) is 93.6 Å². The summed E-state index contributed by atoms with van der Waals surface area (Å²) in [5.74, 6) is 0. The van der Waals surface area contributed by atoms with Gasteiger partial charge >= 0.3 is 7.12 Å². The minimum atomic E-state index is -3.56. The Kier molecular flexibility index (Phi) is 28.8. The van der Waals surface area contributed by atoms with E-state index < -0.39 is 46.7 Å². The van der Waals surface area contributed by atoms with Crippen molar-refractivity contribution in [2.45, 2.75) is 143 Å². The number of nitrogens with zero attached hydrogens (tertiary/aromatic N) is 11. The van der Waals surface area contributed by atoms with Crippen molar-refractivity contribution in [3.63, 3.8) is 0 Å². The summed E-state index contributed by atoms with van der Waals surface area (Å²) in [5, 5.41) is 27.8. The van der Waals surface area contributed by atoms with E-state index in [9.17, 15) is 33.7 Å². The van der Waals surface area contributed by atoms with Crippen LogP contribution in [0.1, 0.15) is 117 Å². The lowest BCUT2D eigenvalue weighted by atomic mass is 9.80. The van der Waals surface area contributed by atoms with Crippen LogP contribution in [0.4, 0.5) is 0 Å². The number of aryl methyl sites for hydroxylation is 4. The Morgan fingerprint density at radius 3 is 1.38 bits per heavy atom. The number of rotatable bonds is 16. The molecule has 8 aromatic heterocycles. The third-order valence-corrected chi connectivity index (χ3v) is 24.6. The van der Waals surface area contributed by atoms with E-state index in [1.54, 1.807) is 103 Å². The molecule has 12 aromatic rings. The van der Waals surface area contributed by atoms with Gasteiger partial charge in [0.25, 0.3) is 10.1 Å². The summed E-state index contributed by atoms with van der Waals surface area (Å²) >= 11 is 3.37. The van der Waals surface area contributed by atoms with Crippen LogP contribution in [0.15, 0.2) is 266 Å². The Balaban J connectivity index is 0.000000139. The lowest BCUT2D eigenvalue weighted by molar-refractivity contribution is 0.217. The average molecular weight is 1670 g/mol. The van der Waals surface area contributed by atoms with Gasteiger partial charge in [-0.3, -0.25) is 48.4 Å². The van der Waals surface area contributed by atoms with Crippen LogP contribution in [0, 0.1) is 27.7 Å². The summed E-state index contributed by atoms with van der Waals surface area (Å²) in [7, 11) is -14.7. The van der Waals surface area contributed by atoms with Crippen LogP contribution in [0.3, 0.4) is 0 Å². The molecule has 0 radical (unpaired) electrons. The molecular weight excluding hydrogens is 1580 g/mol. The molecule has 0 unspecified atom stereocenters. The number of halogens is 1. The van der Waals surface area contributed by atoms with Crippen LogP contribution in [-0.4, -0.2) is 137 Å². The van der Waals surface area contributed by atoms with Crippen molar-refractivity contribution >= 4 is 73.9 Å². The molecule has 28 heteroatoms. The van der Waals surface area contributed by atoms with Gasteiger partial charge in [-0.1, -0.05) is 133 Å². The molecule has 0 atom stereocenters. The molecule has 3 fully saturated rings. The second-order valence-corrected chi connectivity index (χ2v) is 36.9. The lowest BCUT2D eigenvalue weighted by Gasteiger charge is -2.11. The number of hydrogen-bond acceptors (Lipinski definition) is 20. The van der Waals surface area contributed by atoms with Crippen molar-refractivity contribution in [1.29, 1.82) is 0 Å². The van der Waals surface area contributed by atoms with E-state index in [1.165, 1.54) is 75.4 Å². The predicted molar refractivity (Wildman–Crippen MR) is 451 cm³/mol. The quantitative estimate of drug-likeness (QED) is 0.0670. The molecule has 2 N–H and O–H groups in total. The first-order valence-electron chi connectivity index (χ1n) is 37.5. The number of allylic oxidation sites excluding steroid dienone is 1. The molecule has 3 aliphatic carbocycles. The van der Waals surface area contributed by atoms with Gasteiger partial charge in [0.2, 0.25) is 0 Å². The van der Waals surface area contributed by atoms with E-state index in [4.69, 9.17) is 24.3 Å². The van der Waals surface area contributed by atoms with Crippen molar-refractivity contribution in [3.05, 3.63) is 270 Å². The lowest BCUT2D eigenvalue weighted by Crippen LogP contribution is -2.29. The molecule has 0 amide bonds. The van der Waals surface area contributed by atoms with Crippen molar-refractivity contribution in [3.8, 4) is 67.7 Å². The number of sulfone groups is 3. The minimum Gasteiger partial charge on any atom is -0.423 e. The van der Waals surface area contributed by atoms with E-state index in [2.05, 4.69) is 78.8 Å². The number of hydrogen-bond donors (Lipinski definition) is 2. The highest BCUT2D eigenvalue weighted by Crippen LogP contribution is 2.37. The zero-order valence-corrected chi connectivity index (χ0v) is 69.4. The zero-order chi connectivity index (χ0) is 81.2. The number of benzene rings is 4. The van der Waals surface area contributed by atoms with Gasteiger partial charge in [-0.2, -0.15) is 18.6 Å². The minimum absolute atomic E-state index is 0.119. The molecule has 22 nitrogen and oxygen atoms in total. The molecule has 4 aromatic carbocycles. The second kappa shape index (κ2) is 38.8. The van der Waals surface area contributed by atoms with Crippen LogP contribution in [0.5, 0.6) is 0 Å². The second-order valence-electron chi connectivity index (χ2n) is 28.3. The van der Waals surface area contributed by atoms with Gasteiger partial charge in [-0.05, 0) is 211 Å². The van der Waals surface area contributed by atoms with E-state index >= 15 is 0 Å². The van der Waals surface area contributed by atoms with E-state index in [1.807, 2.05) is 119 Å². The van der Waals surface area contributed by atoms with Crippen LogP contribution in [0.25, 0.3) is 67.7 Å². The summed E-state index contributed by atoms with van der Waals surface area (Å²) in [6.45, 7) is 8.71.